The van der Waals surface area contributed by atoms with Crippen LogP contribution in [0.4, 0.5) is 0 Å². The van der Waals surface area contributed by atoms with Gasteiger partial charge in [-0.05, 0) is 35.1 Å². The number of fused-ring (bicyclic) bond motifs is 2. The van der Waals surface area contributed by atoms with Gasteiger partial charge in [-0.2, -0.15) is 0 Å². The van der Waals surface area contributed by atoms with E-state index in [1.165, 1.54) is 0 Å². The Bertz CT molecular complexity index is 869. The van der Waals surface area contributed by atoms with E-state index in [0.29, 0.717) is 12.0 Å². The van der Waals surface area contributed by atoms with Gasteiger partial charge in [0.2, 0.25) is 0 Å². The maximum Gasteiger partial charge on any atom is 1.00 e. The zero-order valence-electron chi connectivity index (χ0n) is 13.5. The van der Waals surface area contributed by atoms with E-state index in [1.807, 2.05) is 48.5 Å². The van der Waals surface area contributed by atoms with Crippen LogP contribution in [0.15, 0.2) is 54.6 Å². The van der Waals surface area contributed by atoms with E-state index in [2.05, 4.69) is 0 Å². The Labute approximate surface area is 162 Å². The zero-order valence-corrected chi connectivity index (χ0v) is 15.5. The first-order chi connectivity index (χ1) is 11.1. The molecule has 0 heterocycles. The molecular weight excluding hydrogens is 311 g/mol. The molecule has 1 atom stereocenters. The Balaban J connectivity index is 0.00000169. The van der Waals surface area contributed by atoms with Gasteiger partial charge in [0.25, 0.3) is 0 Å². The minimum atomic E-state index is -1.18. The Kier molecular flexibility index (Phi) is 4.52. The van der Waals surface area contributed by atoms with Gasteiger partial charge >= 0.3 is 29.6 Å². The Hall–Kier alpha value is -1.68. The van der Waals surface area contributed by atoms with Crippen LogP contribution < -0.4 is 34.7 Å². The second-order valence-corrected chi connectivity index (χ2v) is 6.27. The molecule has 0 amide bonds. The maximum atomic E-state index is 13.1. The molecule has 0 fully saturated rings. The number of rotatable bonds is 3. The monoisotopic (exact) mass is 326 g/mol. The van der Waals surface area contributed by atoms with E-state index in [4.69, 9.17) is 0 Å². The normalized spacial score (nSPS) is 20.8. The van der Waals surface area contributed by atoms with Crippen molar-refractivity contribution in [1.82, 2.24) is 0 Å². The fourth-order valence-corrected chi connectivity index (χ4v) is 4.00. The van der Waals surface area contributed by atoms with E-state index in [9.17, 15) is 14.7 Å². The van der Waals surface area contributed by atoms with Crippen molar-refractivity contribution < 1.29 is 44.3 Å². The van der Waals surface area contributed by atoms with Crippen molar-refractivity contribution >= 4 is 17.3 Å². The van der Waals surface area contributed by atoms with Crippen LogP contribution in [0, 0.1) is 5.41 Å². The van der Waals surface area contributed by atoms with Crippen molar-refractivity contribution in [2.45, 2.75) is 19.3 Å². The van der Waals surface area contributed by atoms with Crippen molar-refractivity contribution in [3.05, 3.63) is 76.9 Å². The molecule has 0 aliphatic heterocycles. The molecule has 0 spiro atoms. The molecule has 2 aliphatic rings. The summed E-state index contributed by atoms with van der Waals surface area (Å²) in [7, 11) is 0. The molecule has 0 N–H and O–H groups in total. The summed E-state index contributed by atoms with van der Waals surface area (Å²) in [5.41, 5.74) is 3.51. The third-order valence-corrected chi connectivity index (χ3v) is 4.98. The van der Waals surface area contributed by atoms with E-state index >= 15 is 0 Å². The predicted molar refractivity (Wildman–Crippen MR) is 84.7 cm³/mol. The van der Waals surface area contributed by atoms with E-state index in [0.717, 1.165) is 28.7 Å². The number of hydrogen-bond acceptors (Lipinski definition) is 3. The van der Waals surface area contributed by atoms with Crippen LogP contribution in [0.2, 0.25) is 0 Å². The summed E-state index contributed by atoms with van der Waals surface area (Å²) in [6, 6.07) is 15.3. The number of Topliss-reactive ketones (excluding diaryl/α,β-unsaturated/α-hetero) is 1. The van der Waals surface area contributed by atoms with E-state index in [1.54, 1.807) is 6.07 Å². The minimum Gasteiger partial charge on any atom is -0.550 e. The molecule has 114 valence electrons. The van der Waals surface area contributed by atoms with Gasteiger partial charge in [-0.3, -0.25) is 4.79 Å². The number of carboxylic acids is 1. The number of carbonyl (C=O) groups is 2. The topological polar surface area (TPSA) is 57.2 Å². The number of ketones is 1. The van der Waals surface area contributed by atoms with E-state index in [-0.39, 0.29) is 41.8 Å². The third-order valence-electron chi connectivity index (χ3n) is 4.98. The molecule has 2 aliphatic carbocycles. The maximum absolute atomic E-state index is 13.1. The number of carbonyl (C=O) groups excluding carboxylic acids is 2. The van der Waals surface area contributed by atoms with Crippen molar-refractivity contribution in [1.29, 1.82) is 0 Å². The number of benzene rings is 2. The Morgan fingerprint density at radius 1 is 1.00 bits per heavy atom. The van der Waals surface area contributed by atoms with Gasteiger partial charge in [0.15, 0.2) is 5.78 Å². The zero-order chi connectivity index (χ0) is 16.0. The van der Waals surface area contributed by atoms with Gasteiger partial charge in [0, 0.05) is 18.0 Å². The quantitative estimate of drug-likeness (QED) is 0.694. The van der Waals surface area contributed by atoms with Crippen LogP contribution in [0.25, 0.3) is 5.57 Å². The van der Waals surface area contributed by atoms with Crippen LogP contribution in [0.5, 0.6) is 0 Å². The second kappa shape index (κ2) is 6.32. The number of aliphatic carboxylic acids is 1. The summed E-state index contributed by atoms with van der Waals surface area (Å²) in [6.45, 7) is 0. The second-order valence-electron chi connectivity index (χ2n) is 6.27. The average Bonchev–Trinajstić information content (AvgIpc) is 3.08. The molecule has 24 heavy (non-hydrogen) atoms. The van der Waals surface area contributed by atoms with Gasteiger partial charge in [0.1, 0.15) is 0 Å². The van der Waals surface area contributed by atoms with Crippen LogP contribution in [-0.2, 0) is 17.6 Å². The molecule has 2 aromatic carbocycles. The molecule has 4 heteroatoms. The van der Waals surface area contributed by atoms with E-state index < -0.39 is 11.4 Å². The summed E-state index contributed by atoms with van der Waals surface area (Å²) in [5, 5.41) is 11.4. The smallest absolute Gasteiger partial charge is 0.550 e. The fraction of sp³-hybridized carbons (Fsp3) is 0.200. The minimum absolute atomic E-state index is 0. The first-order valence-electron chi connectivity index (χ1n) is 7.73. The summed E-state index contributed by atoms with van der Waals surface area (Å²) in [5.74, 6) is -1.28. The molecule has 2 aromatic rings. The molecule has 0 saturated heterocycles. The standard InChI is InChI=1S/C20H16O3.Na/c21-18(22)12-20(11-14-6-2-4-8-16(14)19(20)23)17-10-9-13-5-1-3-7-15(13)17;/h1-8,10H,9,11-12H2,(H,21,22);/q;+1/p-1. The van der Waals surface area contributed by atoms with Gasteiger partial charge in [-0.15, -0.1) is 0 Å². The third kappa shape index (κ3) is 2.48. The SMILES string of the molecule is O=C([O-])CC1(C2=CCc3ccccc32)Cc2ccccc2C1=O.[Na+]. The molecule has 0 aromatic heterocycles. The first kappa shape index (κ1) is 17.2. The molecule has 0 radical (unpaired) electrons. The number of carboxylic acid groups (broad SMARTS) is 1. The predicted octanol–water partition coefficient (Wildman–Crippen LogP) is -0.804. The van der Waals surface area contributed by atoms with Gasteiger partial charge < -0.3 is 9.90 Å². The Morgan fingerprint density at radius 2 is 1.62 bits per heavy atom. The van der Waals surface area contributed by atoms with Crippen LogP contribution in [0.1, 0.15) is 33.5 Å². The number of allylic oxidation sites excluding steroid dienone is 2. The van der Waals surface area contributed by atoms with Crippen LogP contribution >= 0.6 is 0 Å². The van der Waals surface area contributed by atoms with Gasteiger partial charge in [0.05, 0.1) is 5.41 Å². The van der Waals surface area contributed by atoms with Crippen LogP contribution in [0.3, 0.4) is 0 Å². The largest absolute Gasteiger partial charge is 1.00 e. The van der Waals surface area contributed by atoms with Crippen molar-refractivity contribution in [3.8, 4) is 0 Å². The molecule has 3 nitrogen and oxygen atoms in total. The molecule has 1 unspecified atom stereocenters. The average molecular weight is 326 g/mol. The summed E-state index contributed by atoms with van der Waals surface area (Å²) < 4.78 is 0. The van der Waals surface area contributed by atoms with Crippen molar-refractivity contribution in [2.24, 2.45) is 5.41 Å². The summed E-state index contributed by atoms with van der Waals surface area (Å²) >= 11 is 0. The Morgan fingerprint density at radius 3 is 2.29 bits per heavy atom. The van der Waals surface area contributed by atoms with Crippen LogP contribution in [-0.4, -0.2) is 11.8 Å². The summed E-state index contributed by atoms with van der Waals surface area (Å²) in [6.07, 6.45) is 2.90. The molecule has 0 saturated carbocycles. The summed E-state index contributed by atoms with van der Waals surface area (Å²) in [4.78, 5) is 24.6. The molecule has 0 bridgehead atoms. The van der Waals surface area contributed by atoms with Gasteiger partial charge in [-0.1, -0.05) is 54.6 Å². The van der Waals surface area contributed by atoms with Crippen molar-refractivity contribution in [2.75, 3.05) is 0 Å². The fourth-order valence-electron chi connectivity index (χ4n) is 4.00. The number of hydrogen-bond donors (Lipinski definition) is 0. The van der Waals surface area contributed by atoms with Crippen molar-refractivity contribution in [3.63, 3.8) is 0 Å². The molecular formula is C20H15NaO3. The first-order valence-corrected chi connectivity index (χ1v) is 7.73. The molecule has 4 rings (SSSR count). The van der Waals surface area contributed by atoms with Gasteiger partial charge in [-0.25, -0.2) is 0 Å².